The molecule has 6 aromatic rings. The van der Waals surface area contributed by atoms with Gasteiger partial charge in [-0.1, -0.05) is 36.4 Å². The van der Waals surface area contributed by atoms with E-state index < -0.39 is 0 Å². The van der Waals surface area contributed by atoms with Gasteiger partial charge < -0.3 is 20.3 Å². The summed E-state index contributed by atoms with van der Waals surface area (Å²) in [5.41, 5.74) is 18.6. The summed E-state index contributed by atoms with van der Waals surface area (Å²) in [7, 11) is 0. The third kappa shape index (κ3) is 2.32. The zero-order chi connectivity index (χ0) is 20.6. The number of nitrogens with two attached hydrogens (primary N) is 2. The molecule has 0 aliphatic carbocycles. The summed E-state index contributed by atoms with van der Waals surface area (Å²) in [4.78, 5) is 0. The summed E-state index contributed by atoms with van der Waals surface area (Å²) in [6.45, 7) is 0. The number of hydrogen-bond donors (Lipinski definition) is 2. The average Bonchev–Trinajstić information content (AvgIpc) is 3.29. The Kier molecular flexibility index (Phi) is 3.73. The highest BCUT2D eigenvalue weighted by molar-refractivity contribution is 9.11. The van der Waals surface area contributed by atoms with Gasteiger partial charge in [-0.05, 0) is 56.1 Å². The maximum Gasteiger partial charge on any atom is 0.146 e. The molecule has 0 saturated heterocycles. The van der Waals surface area contributed by atoms with E-state index >= 15 is 0 Å². The molecule has 4 nitrogen and oxygen atoms in total. The first-order valence-corrected chi connectivity index (χ1v) is 10.9. The van der Waals surface area contributed by atoms with Crippen molar-refractivity contribution < 1.29 is 8.83 Å². The van der Waals surface area contributed by atoms with Crippen molar-refractivity contribution in [1.82, 2.24) is 0 Å². The molecular formula is C24H14Br2N2O2. The van der Waals surface area contributed by atoms with Crippen LogP contribution in [0.2, 0.25) is 0 Å². The summed E-state index contributed by atoms with van der Waals surface area (Å²) >= 11 is 7.32. The number of furan rings is 2. The van der Waals surface area contributed by atoms with Crippen LogP contribution < -0.4 is 11.5 Å². The van der Waals surface area contributed by atoms with Crippen LogP contribution in [0.15, 0.2) is 78.4 Å². The molecule has 0 bridgehead atoms. The van der Waals surface area contributed by atoms with E-state index in [2.05, 4.69) is 31.9 Å². The van der Waals surface area contributed by atoms with Crippen molar-refractivity contribution in [3.63, 3.8) is 0 Å². The van der Waals surface area contributed by atoms with Gasteiger partial charge in [-0.25, -0.2) is 0 Å². The largest absolute Gasteiger partial charge is 0.455 e. The lowest BCUT2D eigenvalue weighted by molar-refractivity contribution is 0.665. The highest BCUT2D eigenvalue weighted by atomic mass is 79.9. The van der Waals surface area contributed by atoms with Crippen LogP contribution in [0.3, 0.4) is 0 Å². The minimum absolute atomic E-state index is 0.559. The second kappa shape index (κ2) is 6.27. The van der Waals surface area contributed by atoms with Gasteiger partial charge in [0.15, 0.2) is 0 Å². The zero-order valence-electron chi connectivity index (χ0n) is 15.5. The lowest BCUT2D eigenvalue weighted by Crippen LogP contribution is -1.96. The molecule has 4 N–H and O–H groups in total. The minimum Gasteiger partial charge on any atom is -0.455 e. The molecule has 0 amide bonds. The van der Waals surface area contributed by atoms with Gasteiger partial charge >= 0.3 is 0 Å². The Morgan fingerprint density at radius 3 is 1.43 bits per heavy atom. The average molecular weight is 522 g/mol. The first-order chi connectivity index (χ1) is 14.5. The molecule has 6 heteroatoms. The Bertz CT molecular complexity index is 1520. The molecular weight excluding hydrogens is 508 g/mol. The van der Waals surface area contributed by atoms with Crippen LogP contribution in [0.5, 0.6) is 0 Å². The zero-order valence-corrected chi connectivity index (χ0v) is 18.7. The molecule has 4 aromatic carbocycles. The van der Waals surface area contributed by atoms with Crippen LogP contribution >= 0.6 is 31.9 Å². The van der Waals surface area contributed by atoms with E-state index in [1.807, 2.05) is 60.7 Å². The smallest absolute Gasteiger partial charge is 0.146 e. The predicted octanol–water partition coefficient (Wildman–Crippen LogP) is 7.84. The molecule has 0 aliphatic rings. The number of nitrogen functional groups attached to an aromatic ring is 2. The van der Waals surface area contributed by atoms with Crippen molar-refractivity contribution in [3.05, 3.63) is 69.6 Å². The van der Waals surface area contributed by atoms with Crippen LogP contribution in [0.25, 0.3) is 55.0 Å². The summed E-state index contributed by atoms with van der Waals surface area (Å²) in [6, 6.07) is 19.6. The fourth-order valence-electron chi connectivity index (χ4n) is 4.26. The molecule has 0 radical (unpaired) electrons. The van der Waals surface area contributed by atoms with E-state index in [0.29, 0.717) is 22.5 Å². The first kappa shape index (κ1) is 17.9. The van der Waals surface area contributed by atoms with Gasteiger partial charge in [-0.2, -0.15) is 0 Å². The standard InChI is InChI=1S/C24H14Br2N2O2/c25-13-9-15(27)21(23-19(13)11-5-1-3-7-17(11)29-23)22-16(28)10-14(26)20-12-6-2-4-8-18(12)30-24(20)22/h1-10H,27-28H2. The molecule has 30 heavy (non-hydrogen) atoms. The molecule has 0 aliphatic heterocycles. The minimum atomic E-state index is 0.559. The molecule has 2 heterocycles. The lowest BCUT2D eigenvalue weighted by atomic mass is 9.96. The van der Waals surface area contributed by atoms with Crippen LogP contribution in [0.4, 0.5) is 11.4 Å². The number of halogens is 2. The number of anilines is 2. The molecule has 0 spiro atoms. The van der Waals surface area contributed by atoms with Crippen LogP contribution in [0, 0.1) is 0 Å². The van der Waals surface area contributed by atoms with Gasteiger partial charge in [-0.3, -0.25) is 0 Å². The van der Waals surface area contributed by atoms with E-state index in [0.717, 1.165) is 52.8 Å². The van der Waals surface area contributed by atoms with E-state index in [4.69, 9.17) is 20.3 Å². The topological polar surface area (TPSA) is 78.3 Å². The van der Waals surface area contributed by atoms with E-state index in [-0.39, 0.29) is 0 Å². The predicted molar refractivity (Wildman–Crippen MR) is 131 cm³/mol. The van der Waals surface area contributed by atoms with Gasteiger partial charge in [0, 0.05) is 41.9 Å². The number of rotatable bonds is 1. The molecule has 0 saturated carbocycles. The highest BCUT2D eigenvalue weighted by Gasteiger charge is 2.24. The second-order valence-electron chi connectivity index (χ2n) is 7.25. The van der Waals surface area contributed by atoms with Gasteiger partial charge in [-0.15, -0.1) is 0 Å². The van der Waals surface area contributed by atoms with Crippen molar-refractivity contribution in [1.29, 1.82) is 0 Å². The first-order valence-electron chi connectivity index (χ1n) is 9.33. The quantitative estimate of drug-likeness (QED) is 0.216. The molecule has 2 aromatic heterocycles. The lowest BCUT2D eigenvalue weighted by Gasteiger charge is -2.12. The van der Waals surface area contributed by atoms with E-state index in [9.17, 15) is 0 Å². The monoisotopic (exact) mass is 520 g/mol. The highest BCUT2D eigenvalue weighted by Crippen LogP contribution is 2.49. The third-order valence-corrected chi connectivity index (χ3v) is 6.77. The van der Waals surface area contributed by atoms with Crippen molar-refractivity contribution in [2.24, 2.45) is 0 Å². The number of benzene rings is 4. The Balaban J connectivity index is 1.85. The number of para-hydroxylation sites is 2. The van der Waals surface area contributed by atoms with Crippen molar-refractivity contribution in [2.45, 2.75) is 0 Å². The van der Waals surface area contributed by atoms with Crippen LogP contribution in [0.1, 0.15) is 0 Å². The Hall–Kier alpha value is -2.96. The number of fused-ring (bicyclic) bond motifs is 6. The molecule has 6 rings (SSSR count). The summed E-state index contributed by atoms with van der Waals surface area (Å²) in [6.07, 6.45) is 0. The van der Waals surface area contributed by atoms with Crippen molar-refractivity contribution in [2.75, 3.05) is 11.5 Å². The Morgan fingerprint density at radius 1 is 0.600 bits per heavy atom. The maximum absolute atomic E-state index is 6.53. The Labute approximate surface area is 187 Å². The van der Waals surface area contributed by atoms with Gasteiger partial charge in [0.1, 0.15) is 22.3 Å². The third-order valence-electron chi connectivity index (χ3n) is 5.51. The molecule has 146 valence electrons. The normalized spacial score (nSPS) is 11.9. The van der Waals surface area contributed by atoms with Crippen LogP contribution in [-0.2, 0) is 0 Å². The summed E-state index contributed by atoms with van der Waals surface area (Å²) in [5.74, 6) is 0. The molecule has 0 atom stereocenters. The van der Waals surface area contributed by atoms with Crippen molar-refractivity contribution >= 4 is 87.1 Å². The maximum atomic E-state index is 6.53. The summed E-state index contributed by atoms with van der Waals surface area (Å²) in [5, 5.41) is 3.94. The van der Waals surface area contributed by atoms with Crippen molar-refractivity contribution in [3.8, 4) is 11.1 Å². The van der Waals surface area contributed by atoms with Crippen LogP contribution in [-0.4, -0.2) is 0 Å². The number of hydrogen-bond acceptors (Lipinski definition) is 4. The van der Waals surface area contributed by atoms with Gasteiger partial charge in [0.25, 0.3) is 0 Å². The second-order valence-corrected chi connectivity index (χ2v) is 8.96. The molecule has 0 unspecified atom stereocenters. The molecule has 0 fully saturated rings. The van der Waals surface area contributed by atoms with Gasteiger partial charge in [0.2, 0.25) is 0 Å². The fraction of sp³-hybridized carbons (Fsp3) is 0. The van der Waals surface area contributed by atoms with Gasteiger partial charge in [0.05, 0.1) is 11.1 Å². The Morgan fingerprint density at radius 2 is 1.00 bits per heavy atom. The van der Waals surface area contributed by atoms with E-state index in [1.165, 1.54) is 0 Å². The summed E-state index contributed by atoms with van der Waals surface area (Å²) < 4.78 is 14.3. The fourth-order valence-corrected chi connectivity index (χ4v) is 5.54. The van der Waals surface area contributed by atoms with E-state index in [1.54, 1.807) is 0 Å². The SMILES string of the molecule is Nc1cc(Br)c2c(oc3ccccc32)c1-c1c(N)cc(Br)c2c1oc1ccccc12.